The lowest BCUT2D eigenvalue weighted by Gasteiger charge is -1.89. The van der Waals surface area contributed by atoms with Gasteiger partial charge in [0, 0.05) is 0 Å². The van der Waals surface area contributed by atoms with Crippen molar-refractivity contribution in [3.8, 4) is 11.8 Å². The Hall–Kier alpha value is -2.09. The van der Waals surface area contributed by atoms with Gasteiger partial charge in [-0.15, -0.1) is 0 Å². The smallest absolute Gasteiger partial charge is 0.229 e. The van der Waals surface area contributed by atoms with Crippen molar-refractivity contribution < 1.29 is 4.79 Å². The van der Waals surface area contributed by atoms with Crippen molar-refractivity contribution in [3.05, 3.63) is 18.1 Å². The second-order valence-electron chi connectivity index (χ2n) is 2.27. The Morgan fingerprint density at radius 2 is 2.23 bits per heavy atom. The third-order valence-electron chi connectivity index (χ3n) is 1.15. The van der Waals surface area contributed by atoms with Gasteiger partial charge < -0.3 is 11.5 Å². The lowest BCUT2D eigenvalue weighted by atomic mass is 10.3. The standard InChI is InChI=1S/C8H8N4O/c9-7-5-11-6(4-12-7)2-1-3-8(10)13/h4-5H,3H2,(H2,9,12)(H2,10,13). The molecule has 0 saturated carbocycles. The van der Waals surface area contributed by atoms with Crippen LogP contribution in [0.2, 0.25) is 0 Å². The van der Waals surface area contributed by atoms with E-state index >= 15 is 0 Å². The molecule has 0 aliphatic carbocycles. The molecule has 1 aromatic heterocycles. The highest BCUT2D eigenvalue weighted by atomic mass is 16.1. The van der Waals surface area contributed by atoms with Crippen LogP contribution in [0, 0.1) is 11.8 Å². The van der Waals surface area contributed by atoms with E-state index in [0.717, 1.165) is 0 Å². The Labute approximate surface area is 75.2 Å². The molecule has 0 fully saturated rings. The molecule has 1 heterocycles. The number of aromatic nitrogens is 2. The summed E-state index contributed by atoms with van der Waals surface area (Å²) in [6.45, 7) is 0. The maximum atomic E-state index is 10.3. The maximum absolute atomic E-state index is 10.3. The third-order valence-corrected chi connectivity index (χ3v) is 1.15. The predicted molar refractivity (Wildman–Crippen MR) is 47.1 cm³/mol. The Balaban J connectivity index is 2.67. The van der Waals surface area contributed by atoms with E-state index in [2.05, 4.69) is 21.8 Å². The molecular formula is C8H8N4O. The van der Waals surface area contributed by atoms with Crippen molar-refractivity contribution in [1.29, 1.82) is 0 Å². The van der Waals surface area contributed by atoms with Gasteiger partial charge in [-0.1, -0.05) is 5.92 Å². The molecule has 0 atom stereocenters. The zero-order valence-corrected chi connectivity index (χ0v) is 6.82. The van der Waals surface area contributed by atoms with E-state index in [1.54, 1.807) is 0 Å². The number of amides is 1. The van der Waals surface area contributed by atoms with Gasteiger partial charge >= 0.3 is 0 Å². The van der Waals surface area contributed by atoms with Gasteiger partial charge in [0.2, 0.25) is 5.91 Å². The monoisotopic (exact) mass is 176 g/mol. The SMILES string of the molecule is NC(=O)CC#Cc1cnc(N)cn1. The number of carbonyl (C=O) groups is 1. The second-order valence-corrected chi connectivity index (χ2v) is 2.27. The molecule has 0 spiro atoms. The molecule has 13 heavy (non-hydrogen) atoms. The van der Waals surface area contributed by atoms with Crippen molar-refractivity contribution in [2.75, 3.05) is 5.73 Å². The largest absolute Gasteiger partial charge is 0.382 e. The number of anilines is 1. The first kappa shape index (κ1) is 9.00. The number of primary amides is 1. The third kappa shape index (κ3) is 3.20. The summed E-state index contributed by atoms with van der Waals surface area (Å²) >= 11 is 0. The zero-order valence-electron chi connectivity index (χ0n) is 6.82. The van der Waals surface area contributed by atoms with Crippen LogP contribution < -0.4 is 11.5 Å². The molecule has 0 aliphatic rings. The molecule has 1 rings (SSSR count). The zero-order chi connectivity index (χ0) is 9.68. The van der Waals surface area contributed by atoms with Crippen LogP contribution in [0.15, 0.2) is 12.4 Å². The van der Waals surface area contributed by atoms with Crippen LogP contribution in [0.1, 0.15) is 12.1 Å². The van der Waals surface area contributed by atoms with Crippen molar-refractivity contribution in [1.82, 2.24) is 9.97 Å². The van der Waals surface area contributed by atoms with Crippen molar-refractivity contribution >= 4 is 11.7 Å². The van der Waals surface area contributed by atoms with E-state index in [-0.39, 0.29) is 6.42 Å². The first-order valence-corrected chi connectivity index (χ1v) is 3.53. The van der Waals surface area contributed by atoms with E-state index in [4.69, 9.17) is 11.5 Å². The number of nitrogens with zero attached hydrogens (tertiary/aromatic N) is 2. The van der Waals surface area contributed by atoms with E-state index < -0.39 is 5.91 Å². The van der Waals surface area contributed by atoms with Crippen LogP contribution in [0.3, 0.4) is 0 Å². The molecule has 66 valence electrons. The number of nitrogen functional groups attached to an aromatic ring is 1. The molecular weight excluding hydrogens is 168 g/mol. The first-order valence-electron chi connectivity index (χ1n) is 3.53. The quantitative estimate of drug-likeness (QED) is 0.552. The average molecular weight is 176 g/mol. The van der Waals surface area contributed by atoms with Crippen molar-refractivity contribution in [2.45, 2.75) is 6.42 Å². The molecule has 5 nitrogen and oxygen atoms in total. The fraction of sp³-hybridized carbons (Fsp3) is 0.125. The lowest BCUT2D eigenvalue weighted by Crippen LogP contribution is -2.08. The molecule has 0 saturated heterocycles. The number of nitrogens with two attached hydrogens (primary N) is 2. The normalized spacial score (nSPS) is 8.62. The van der Waals surface area contributed by atoms with Gasteiger partial charge in [-0.05, 0) is 5.92 Å². The van der Waals surface area contributed by atoms with Crippen molar-refractivity contribution in [2.24, 2.45) is 5.73 Å². The fourth-order valence-corrected chi connectivity index (χ4v) is 0.624. The summed E-state index contributed by atoms with van der Waals surface area (Å²) in [5.41, 5.74) is 10.7. The van der Waals surface area contributed by atoms with Crippen LogP contribution in [-0.2, 0) is 4.79 Å². The lowest BCUT2D eigenvalue weighted by molar-refractivity contribution is -0.117. The van der Waals surface area contributed by atoms with Crippen LogP contribution >= 0.6 is 0 Å². The van der Waals surface area contributed by atoms with Gasteiger partial charge in [0.15, 0.2) is 0 Å². The molecule has 5 heteroatoms. The molecule has 1 aromatic rings. The van der Waals surface area contributed by atoms with Crippen LogP contribution in [-0.4, -0.2) is 15.9 Å². The van der Waals surface area contributed by atoms with E-state index in [1.807, 2.05) is 0 Å². The minimum absolute atomic E-state index is 0.0199. The first-order chi connectivity index (χ1) is 6.18. The molecule has 0 bridgehead atoms. The van der Waals surface area contributed by atoms with Gasteiger partial charge in [-0.3, -0.25) is 4.79 Å². The van der Waals surface area contributed by atoms with Crippen LogP contribution in [0.5, 0.6) is 0 Å². The van der Waals surface area contributed by atoms with Gasteiger partial charge in [-0.25, -0.2) is 9.97 Å². The maximum Gasteiger partial charge on any atom is 0.229 e. The number of hydrogen-bond acceptors (Lipinski definition) is 4. The van der Waals surface area contributed by atoms with Crippen molar-refractivity contribution in [3.63, 3.8) is 0 Å². The Kier molecular flexibility index (Phi) is 2.82. The highest BCUT2D eigenvalue weighted by molar-refractivity contribution is 5.76. The van der Waals surface area contributed by atoms with Crippen LogP contribution in [0.4, 0.5) is 5.82 Å². The predicted octanol–water partition coefficient (Wildman–Crippen LogP) is -0.714. The summed E-state index contributed by atoms with van der Waals surface area (Å²) in [5.74, 6) is 5.05. The molecule has 0 unspecified atom stereocenters. The Morgan fingerprint density at radius 3 is 2.77 bits per heavy atom. The van der Waals surface area contributed by atoms with Gasteiger partial charge in [-0.2, -0.15) is 0 Å². The van der Waals surface area contributed by atoms with Gasteiger partial charge in [0.25, 0.3) is 0 Å². The summed E-state index contributed by atoms with van der Waals surface area (Å²) in [4.78, 5) is 17.9. The highest BCUT2D eigenvalue weighted by Gasteiger charge is 1.89. The van der Waals surface area contributed by atoms with Gasteiger partial charge in [0.05, 0.1) is 18.8 Å². The molecule has 0 radical (unpaired) electrons. The number of carbonyl (C=O) groups excluding carboxylic acids is 1. The molecule has 1 amide bonds. The topological polar surface area (TPSA) is 94.9 Å². The van der Waals surface area contributed by atoms with E-state index in [9.17, 15) is 4.79 Å². The summed E-state index contributed by atoms with van der Waals surface area (Å²) in [7, 11) is 0. The minimum Gasteiger partial charge on any atom is -0.382 e. The number of hydrogen-bond donors (Lipinski definition) is 2. The summed E-state index contributed by atoms with van der Waals surface area (Å²) in [5, 5.41) is 0. The van der Waals surface area contributed by atoms with E-state index in [1.165, 1.54) is 12.4 Å². The fourth-order valence-electron chi connectivity index (χ4n) is 0.624. The second kappa shape index (κ2) is 4.07. The Bertz CT molecular complexity index is 360. The van der Waals surface area contributed by atoms with Gasteiger partial charge in [0.1, 0.15) is 11.5 Å². The average Bonchev–Trinajstić information content (AvgIpc) is 2.08. The summed E-state index contributed by atoms with van der Waals surface area (Å²) in [6.07, 6.45) is 2.85. The molecule has 0 aromatic carbocycles. The Morgan fingerprint density at radius 1 is 1.46 bits per heavy atom. The van der Waals surface area contributed by atoms with Crippen LogP contribution in [0.25, 0.3) is 0 Å². The summed E-state index contributed by atoms with van der Waals surface area (Å²) in [6, 6.07) is 0. The highest BCUT2D eigenvalue weighted by Crippen LogP contribution is 1.93. The van der Waals surface area contributed by atoms with E-state index in [0.29, 0.717) is 11.5 Å². The molecule has 4 N–H and O–H groups in total. The number of rotatable bonds is 1. The minimum atomic E-state index is -0.462. The summed E-state index contributed by atoms with van der Waals surface area (Å²) < 4.78 is 0. The molecule has 0 aliphatic heterocycles.